The molecule has 0 unspecified atom stereocenters. The van der Waals surface area contributed by atoms with E-state index in [1.165, 1.54) is 4.57 Å². The molecule has 0 saturated carbocycles. The van der Waals surface area contributed by atoms with Gasteiger partial charge in [0.1, 0.15) is 11.4 Å². The van der Waals surface area contributed by atoms with Crippen molar-refractivity contribution in [3.05, 3.63) is 81.7 Å². The van der Waals surface area contributed by atoms with Crippen molar-refractivity contribution in [1.29, 1.82) is 0 Å². The maximum atomic E-state index is 12.8. The molecule has 4 rings (SSSR count). The summed E-state index contributed by atoms with van der Waals surface area (Å²) in [6.07, 6.45) is 2.23. The highest BCUT2D eigenvalue weighted by molar-refractivity contribution is 6.32. The number of pyridine rings is 1. The first-order chi connectivity index (χ1) is 14.5. The summed E-state index contributed by atoms with van der Waals surface area (Å²) in [7, 11) is 1.63. The van der Waals surface area contributed by atoms with Crippen LogP contribution >= 0.6 is 24.0 Å². The molecule has 2 heterocycles. The van der Waals surface area contributed by atoms with Gasteiger partial charge in [-0.25, -0.2) is 4.98 Å². The van der Waals surface area contributed by atoms with Crippen molar-refractivity contribution in [2.24, 2.45) is 7.05 Å². The molecule has 0 radical (unpaired) electrons. The van der Waals surface area contributed by atoms with Gasteiger partial charge in [-0.3, -0.25) is 9.36 Å². The number of halogens is 2. The van der Waals surface area contributed by atoms with Crippen LogP contribution in [0.4, 0.5) is 11.6 Å². The van der Waals surface area contributed by atoms with Crippen molar-refractivity contribution in [3.8, 4) is 11.5 Å². The molecule has 7 nitrogen and oxygen atoms in total. The second kappa shape index (κ2) is 9.78. The number of hydrogen-bond donors (Lipinski definition) is 2. The summed E-state index contributed by atoms with van der Waals surface area (Å²) >= 11 is 6.13. The Balaban J connectivity index is 0.00000272. The molecular formula is C22H20Cl2N4O3. The number of para-hydroxylation sites is 1. The number of aromatic nitrogens is 3. The van der Waals surface area contributed by atoms with Gasteiger partial charge in [0, 0.05) is 30.9 Å². The summed E-state index contributed by atoms with van der Waals surface area (Å²) in [4.78, 5) is 21.6. The second-order valence-corrected chi connectivity index (χ2v) is 7.08. The van der Waals surface area contributed by atoms with E-state index in [1.807, 2.05) is 24.3 Å². The minimum atomic E-state index is -0.333. The molecule has 31 heavy (non-hydrogen) atoms. The summed E-state index contributed by atoms with van der Waals surface area (Å²) < 4.78 is 7.15. The number of aryl methyl sites for hydroxylation is 1. The van der Waals surface area contributed by atoms with Gasteiger partial charge in [0.2, 0.25) is 5.95 Å². The van der Waals surface area contributed by atoms with Gasteiger partial charge in [0.25, 0.3) is 5.56 Å². The van der Waals surface area contributed by atoms with Crippen LogP contribution in [0.1, 0.15) is 5.56 Å². The Morgan fingerprint density at radius 1 is 1.13 bits per heavy atom. The molecule has 0 spiro atoms. The summed E-state index contributed by atoms with van der Waals surface area (Å²) in [6, 6.07) is 16.2. The van der Waals surface area contributed by atoms with Crippen LogP contribution in [-0.2, 0) is 13.5 Å². The average Bonchev–Trinajstić information content (AvgIpc) is 2.75. The molecule has 2 aromatic heterocycles. The van der Waals surface area contributed by atoms with Crippen LogP contribution in [0.3, 0.4) is 0 Å². The minimum absolute atomic E-state index is 0. The Bertz CT molecular complexity index is 1260. The zero-order chi connectivity index (χ0) is 21.1. The highest BCUT2D eigenvalue weighted by Gasteiger charge is 2.13. The van der Waals surface area contributed by atoms with Gasteiger partial charge < -0.3 is 15.2 Å². The fraction of sp³-hybridized carbons (Fsp3) is 0.136. The number of nitrogens with one attached hydrogen (secondary N) is 1. The van der Waals surface area contributed by atoms with E-state index < -0.39 is 0 Å². The molecule has 0 aliphatic heterocycles. The van der Waals surface area contributed by atoms with Crippen LogP contribution < -0.4 is 15.6 Å². The van der Waals surface area contributed by atoms with E-state index in [-0.39, 0.29) is 30.3 Å². The lowest BCUT2D eigenvalue weighted by atomic mass is 10.1. The molecule has 2 N–H and O–H groups in total. The summed E-state index contributed by atoms with van der Waals surface area (Å²) in [5, 5.41) is 13.2. The molecule has 0 amide bonds. The Kier molecular flexibility index (Phi) is 7.12. The molecule has 0 aliphatic carbocycles. The Morgan fingerprint density at radius 2 is 1.87 bits per heavy atom. The van der Waals surface area contributed by atoms with E-state index in [1.54, 1.807) is 43.6 Å². The highest BCUT2D eigenvalue weighted by Crippen LogP contribution is 2.28. The maximum Gasteiger partial charge on any atom is 0.294 e. The molecular weight excluding hydrogens is 439 g/mol. The average molecular weight is 459 g/mol. The third-order valence-corrected chi connectivity index (χ3v) is 4.90. The minimum Gasteiger partial charge on any atom is -0.450 e. The van der Waals surface area contributed by atoms with Gasteiger partial charge in [0.15, 0.2) is 5.75 Å². The number of aliphatic hydroxyl groups is 1. The van der Waals surface area contributed by atoms with E-state index in [9.17, 15) is 4.79 Å². The van der Waals surface area contributed by atoms with E-state index in [4.69, 9.17) is 21.4 Å². The van der Waals surface area contributed by atoms with Crippen LogP contribution in [0.2, 0.25) is 5.02 Å². The van der Waals surface area contributed by atoms with Crippen molar-refractivity contribution >= 4 is 46.7 Å². The smallest absolute Gasteiger partial charge is 0.294 e. The normalized spacial score (nSPS) is 10.5. The molecule has 2 aromatic carbocycles. The van der Waals surface area contributed by atoms with Gasteiger partial charge in [-0.2, -0.15) is 4.98 Å². The first kappa shape index (κ1) is 22.6. The van der Waals surface area contributed by atoms with Crippen LogP contribution in [0.5, 0.6) is 11.5 Å². The number of benzene rings is 2. The van der Waals surface area contributed by atoms with Crippen LogP contribution in [-0.4, -0.2) is 26.2 Å². The lowest BCUT2D eigenvalue weighted by Gasteiger charge is -2.11. The predicted octanol–water partition coefficient (Wildman–Crippen LogP) is 4.47. The third kappa shape index (κ3) is 4.96. The monoisotopic (exact) mass is 458 g/mol. The molecule has 0 atom stereocenters. The van der Waals surface area contributed by atoms with Crippen molar-refractivity contribution in [1.82, 2.24) is 14.5 Å². The fourth-order valence-electron chi connectivity index (χ4n) is 3.01. The van der Waals surface area contributed by atoms with Crippen LogP contribution in [0, 0.1) is 0 Å². The number of aliphatic hydroxyl groups excluding tert-OH is 1. The zero-order valence-electron chi connectivity index (χ0n) is 16.6. The van der Waals surface area contributed by atoms with E-state index in [0.29, 0.717) is 34.2 Å². The molecule has 0 saturated heterocycles. The number of hydrogen-bond acceptors (Lipinski definition) is 6. The molecule has 4 aromatic rings. The summed E-state index contributed by atoms with van der Waals surface area (Å²) in [6.45, 7) is 0.108. The Hall–Kier alpha value is -3.13. The lowest BCUT2D eigenvalue weighted by molar-refractivity contribution is 0.299. The van der Waals surface area contributed by atoms with Crippen molar-refractivity contribution < 1.29 is 9.84 Å². The van der Waals surface area contributed by atoms with Crippen LogP contribution in [0.25, 0.3) is 11.0 Å². The van der Waals surface area contributed by atoms with Gasteiger partial charge >= 0.3 is 0 Å². The van der Waals surface area contributed by atoms with Crippen molar-refractivity contribution in [2.45, 2.75) is 6.42 Å². The van der Waals surface area contributed by atoms with Crippen molar-refractivity contribution in [3.63, 3.8) is 0 Å². The predicted molar refractivity (Wildman–Crippen MR) is 124 cm³/mol. The molecule has 0 bridgehead atoms. The van der Waals surface area contributed by atoms with E-state index in [0.717, 1.165) is 11.3 Å². The van der Waals surface area contributed by atoms with Gasteiger partial charge in [0.05, 0.1) is 5.02 Å². The van der Waals surface area contributed by atoms with Gasteiger partial charge in [-0.05, 0) is 42.3 Å². The maximum absolute atomic E-state index is 12.8. The van der Waals surface area contributed by atoms with Crippen LogP contribution in [0.15, 0.2) is 65.6 Å². The Morgan fingerprint density at radius 3 is 2.58 bits per heavy atom. The second-order valence-electron chi connectivity index (χ2n) is 6.67. The molecule has 9 heteroatoms. The van der Waals surface area contributed by atoms with Gasteiger partial charge in [-0.15, -0.1) is 12.4 Å². The topological polar surface area (TPSA) is 89.3 Å². The molecule has 160 valence electrons. The molecule has 0 fully saturated rings. The SMILES string of the molecule is Cl.Cn1c(=O)c(Oc2ccccc2Cl)cc2cnc(Nc3ccc(CCO)cc3)nc21. The fourth-order valence-corrected chi connectivity index (χ4v) is 3.18. The number of fused-ring (bicyclic) bond motifs is 1. The standard InChI is InChI=1S/C22H19ClN4O3.ClH/c1-27-20-15(12-19(21(27)29)30-18-5-3-2-4-17(18)23)13-24-22(26-20)25-16-8-6-14(7-9-16)10-11-28;/h2-9,12-13,28H,10-11H2,1H3,(H,24,25,26);1H. The summed E-state index contributed by atoms with van der Waals surface area (Å²) in [5.41, 5.74) is 1.98. The highest BCUT2D eigenvalue weighted by atomic mass is 35.5. The largest absolute Gasteiger partial charge is 0.450 e. The number of nitrogens with zero attached hydrogens (tertiary/aromatic N) is 3. The third-order valence-electron chi connectivity index (χ3n) is 4.58. The first-order valence-corrected chi connectivity index (χ1v) is 9.69. The van der Waals surface area contributed by atoms with E-state index in [2.05, 4.69) is 15.3 Å². The number of rotatable bonds is 6. The lowest BCUT2D eigenvalue weighted by Crippen LogP contribution is -2.19. The van der Waals surface area contributed by atoms with E-state index >= 15 is 0 Å². The van der Waals surface area contributed by atoms with Gasteiger partial charge in [-0.1, -0.05) is 35.9 Å². The number of anilines is 2. The van der Waals surface area contributed by atoms with Crippen molar-refractivity contribution in [2.75, 3.05) is 11.9 Å². The summed E-state index contributed by atoms with van der Waals surface area (Å²) in [5.74, 6) is 0.911. The zero-order valence-corrected chi connectivity index (χ0v) is 18.2. The number of ether oxygens (including phenoxy) is 1. The first-order valence-electron chi connectivity index (χ1n) is 9.31. The Labute approximate surface area is 189 Å². The quantitative estimate of drug-likeness (QED) is 0.442. The molecule has 0 aliphatic rings.